The molecule has 0 spiro atoms. The molecular formula is C10H13N5O2S. The molecule has 0 amide bonds. The first-order valence-corrected chi connectivity index (χ1v) is 7.08. The molecule has 0 unspecified atom stereocenters. The summed E-state index contributed by atoms with van der Waals surface area (Å²) in [5.41, 5.74) is 1.78. The summed E-state index contributed by atoms with van der Waals surface area (Å²) in [6, 6.07) is 3.44. The van der Waals surface area contributed by atoms with Gasteiger partial charge in [-0.25, -0.2) is 23.1 Å². The van der Waals surface area contributed by atoms with E-state index < -0.39 is 10.0 Å². The van der Waals surface area contributed by atoms with Crippen molar-refractivity contribution >= 4 is 15.8 Å². The molecule has 2 rings (SSSR count). The van der Waals surface area contributed by atoms with E-state index in [-0.39, 0.29) is 5.82 Å². The zero-order valence-electron chi connectivity index (χ0n) is 10.2. The maximum Gasteiger partial charge on any atom is 0.230 e. The van der Waals surface area contributed by atoms with Crippen molar-refractivity contribution in [2.24, 2.45) is 0 Å². The minimum Gasteiger partial charge on any atom is -0.267 e. The SMILES string of the molecule is Cc1cc(C)n(-c2cc(NS(C)(=O)=O)ncn2)n1. The van der Waals surface area contributed by atoms with Crippen molar-refractivity contribution in [1.29, 1.82) is 0 Å². The lowest BCUT2D eigenvalue weighted by atomic mass is 10.4. The molecule has 0 aliphatic carbocycles. The monoisotopic (exact) mass is 267 g/mol. The second-order valence-corrected chi connectivity index (χ2v) is 5.72. The average Bonchev–Trinajstić information content (AvgIpc) is 2.55. The van der Waals surface area contributed by atoms with E-state index in [9.17, 15) is 8.42 Å². The van der Waals surface area contributed by atoms with E-state index in [0.29, 0.717) is 5.82 Å². The van der Waals surface area contributed by atoms with E-state index in [2.05, 4.69) is 19.8 Å². The highest BCUT2D eigenvalue weighted by Crippen LogP contribution is 2.12. The number of sulfonamides is 1. The molecule has 2 aromatic heterocycles. The van der Waals surface area contributed by atoms with Crippen LogP contribution in [0.15, 0.2) is 18.5 Å². The molecule has 0 aliphatic rings. The molecule has 0 bridgehead atoms. The fourth-order valence-corrected chi connectivity index (χ4v) is 2.06. The number of nitrogens with zero attached hydrogens (tertiary/aromatic N) is 4. The Hall–Kier alpha value is -1.96. The van der Waals surface area contributed by atoms with E-state index in [4.69, 9.17) is 0 Å². The van der Waals surface area contributed by atoms with Gasteiger partial charge in [0.05, 0.1) is 11.9 Å². The first kappa shape index (κ1) is 12.5. The summed E-state index contributed by atoms with van der Waals surface area (Å²) in [5.74, 6) is 0.733. The zero-order chi connectivity index (χ0) is 13.3. The number of hydrogen-bond acceptors (Lipinski definition) is 5. The largest absolute Gasteiger partial charge is 0.267 e. The molecule has 96 valence electrons. The van der Waals surface area contributed by atoms with Crippen molar-refractivity contribution in [3.05, 3.63) is 29.8 Å². The molecule has 18 heavy (non-hydrogen) atoms. The molecule has 0 atom stereocenters. The van der Waals surface area contributed by atoms with Crippen LogP contribution in [0.2, 0.25) is 0 Å². The van der Waals surface area contributed by atoms with Crippen LogP contribution in [0.5, 0.6) is 0 Å². The Morgan fingerprint density at radius 1 is 1.22 bits per heavy atom. The van der Waals surface area contributed by atoms with Crippen LogP contribution in [0.1, 0.15) is 11.4 Å². The molecule has 7 nitrogen and oxygen atoms in total. The zero-order valence-corrected chi connectivity index (χ0v) is 11.1. The maximum atomic E-state index is 11.1. The normalized spacial score (nSPS) is 11.5. The lowest BCUT2D eigenvalue weighted by Gasteiger charge is -2.06. The van der Waals surface area contributed by atoms with Crippen LogP contribution in [0, 0.1) is 13.8 Å². The molecule has 2 heterocycles. The van der Waals surface area contributed by atoms with Crippen LogP contribution in [0.4, 0.5) is 5.82 Å². The second kappa shape index (κ2) is 4.37. The highest BCUT2D eigenvalue weighted by molar-refractivity contribution is 7.92. The van der Waals surface area contributed by atoms with Crippen molar-refractivity contribution < 1.29 is 8.42 Å². The smallest absolute Gasteiger partial charge is 0.230 e. The van der Waals surface area contributed by atoms with Gasteiger partial charge < -0.3 is 0 Å². The molecule has 0 fully saturated rings. The summed E-state index contributed by atoms with van der Waals surface area (Å²) in [7, 11) is -3.35. The predicted octanol–water partition coefficient (Wildman–Crippen LogP) is 0.651. The number of hydrogen-bond donors (Lipinski definition) is 1. The second-order valence-electron chi connectivity index (χ2n) is 3.97. The van der Waals surface area contributed by atoms with Crippen LogP contribution in [-0.2, 0) is 10.0 Å². The quantitative estimate of drug-likeness (QED) is 0.881. The van der Waals surface area contributed by atoms with Gasteiger partial charge in [0.1, 0.15) is 12.1 Å². The fourth-order valence-electron chi connectivity index (χ4n) is 1.57. The van der Waals surface area contributed by atoms with Crippen molar-refractivity contribution in [1.82, 2.24) is 19.7 Å². The van der Waals surface area contributed by atoms with Gasteiger partial charge in [-0.05, 0) is 19.9 Å². The molecule has 0 aromatic carbocycles. The Morgan fingerprint density at radius 3 is 2.50 bits per heavy atom. The van der Waals surface area contributed by atoms with Crippen LogP contribution in [-0.4, -0.2) is 34.4 Å². The Morgan fingerprint density at radius 2 is 1.94 bits per heavy atom. The van der Waals surface area contributed by atoms with Crippen LogP contribution < -0.4 is 4.72 Å². The van der Waals surface area contributed by atoms with Gasteiger partial charge in [0, 0.05) is 11.8 Å². The van der Waals surface area contributed by atoms with Crippen molar-refractivity contribution in [2.75, 3.05) is 11.0 Å². The van der Waals surface area contributed by atoms with Gasteiger partial charge in [0.2, 0.25) is 10.0 Å². The number of aromatic nitrogens is 4. The Labute approximate surface area is 105 Å². The molecule has 8 heteroatoms. The summed E-state index contributed by atoms with van der Waals surface area (Å²) in [6.07, 6.45) is 2.36. The van der Waals surface area contributed by atoms with Crippen LogP contribution >= 0.6 is 0 Å². The molecule has 0 radical (unpaired) electrons. The Kier molecular flexibility index (Phi) is 3.04. The van der Waals surface area contributed by atoms with E-state index in [1.165, 1.54) is 12.4 Å². The third kappa shape index (κ3) is 2.83. The lowest BCUT2D eigenvalue weighted by Crippen LogP contribution is -2.12. The molecule has 1 N–H and O–H groups in total. The third-order valence-corrected chi connectivity index (χ3v) is 2.75. The van der Waals surface area contributed by atoms with E-state index in [1.54, 1.807) is 4.68 Å². The van der Waals surface area contributed by atoms with Gasteiger partial charge in [-0.15, -0.1) is 0 Å². The molecule has 0 saturated heterocycles. The summed E-state index contributed by atoms with van der Waals surface area (Å²) in [6.45, 7) is 3.77. The Balaban J connectivity index is 2.41. The lowest BCUT2D eigenvalue weighted by molar-refractivity contribution is 0.606. The highest BCUT2D eigenvalue weighted by Gasteiger charge is 2.08. The molecular weight excluding hydrogens is 254 g/mol. The number of anilines is 1. The standard InChI is InChI=1S/C10H13N5O2S/c1-7-4-8(2)15(13-7)10-5-9(11-6-12-10)14-18(3,16)17/h4-6H,1-3H3,(H,11,12,14). The minimum absolute atomic E-state index is 0.218. The van der Waals surface area contributed by atoms with Crippen molar-refractivity contribution in [3.63, 3.8) is 0 Å². The summed E-state index contributed by atoms with van der Waals surface area (Å²) >= 11 is 0. The first-order chi connectivity index (χ1) is 8.35. The van der Waals surface area contributed by atoms with Crippen molar-refractivity contribution in [2.45, 2.75) is 13.8 Å². The van der Waals surface area contributed by atoms with Gasteiger partial charge in [0.15, 0.2) is 5.82 Å². The number of nitrogens with one attached hydrogen (secondary N) is 1. The first-order valence-electron chi connectivity index (χ1n) is 5.18. The Bertz CT molecular complexity index is 677. The van der Waals surface area contributed by atoms with Gasteiger partial charge in [-0.1, -0.05) is 0 Å². The van der Waals surface area contributed by atoms with Gasteiger partial charge >= 0.3 is 0 Å². The number of aryl methyl sites for hydroxylation is 2. The maximum absolute atomic E-state index is 11.1. The van der Waals surface area contributed by atoms with Gasteiger partial charge in [-0.2, -0.15) is 5.10 Å². The summed E-state index contributed by atoms with van der Waals surface area (Å²) in [4.78, 5) is 7.91. The van der Waals surface area contributed by atoms with Crippen LogP contribution in [0.3, 0.4) is 0 Å². The highest BCUT2D eigenvalue weighted by atomic mass is 32.2. The average molecular weight is 267 g/mol. The molecule has 2 aromatic rings. The van der Waals surface area contributed by atoms with E-state index in [0.717, 1.165) is 17.6 Å². The predicted molar refractivity (Wildman–Crippen MR) is 67.1 cm³/mol. The number of rotatable bonds is 3. The van der Waals surface area contributed by atoms with Crippen LogP contribution in [0.25, 0.3) is 5.82 Å². The molecule has 0 aliphatic heterocycles. The van der Waals surface area contributed by atoms with E-state index in [1.807, 2.05) is 19.9 Å². The van der Waals surface area contributed by atoms with E-state index >= 15 is 0 Å². The molecule has 0 saturated carbocycles. The van der Waals surface area contributed by atoms with Gasteiger partial charge in [-0.3, -0.25) is 4.72 Å². The summed E-state index contributed by atoms with van der Waals surface area (Å²) < 4.78 is 26.2. The van der Waals surface area contributed by atoms with Gasteiger partial charge in [0.25, 0.3) is 0 Å². The summed E-state index contributed by atoms with van der Waals surface area (Å²) in [5, 5.41) is 4.27. The van der Waals surface area contributed by atoms with Crippen molar-refractivity contribution in [3.8, 4) is 5.82 Å². The minimum atomic E-state index is -3.35. The topological polar surface area (TPSA) is 89.8 Å². The fraction of sp³-hybridized carbons (Fsp3) is 0.300. The third-order valence-electron chi connectivity index (χ3n) is 2.17.